The van der Waals surface area contributed by atoms with Crippen molar-refractivity contribution < 1.29 is 23.4 Å². The molecule has 2 aromatic carbocycles. The van der Waals surface area contributed by atoms with Crippen molar-refractivity contribution in [3.63, 3.8) is 0 Å². The molecule has 0 radical (unpaired) electrons. The first-order valence-corrected chi connectivity index (χ1v) is 11.5. The van der Waals surface area contributed by atoms with Gasteiger partial charge in [-0.2, -0.15) is 0 Å². The summed E-state index contributed by atoms with van der Waals surface area (Å²) < 4.78 is 35.6. The number of ether oxygens (including phenoxy) is 3. The number of hydrogen-bond donors (Lipinski definition) is 0. The van der Waals surface area contributed by atoms with Crippen LogP contribution in [-0.4, -0.2) is 32.6 Å². The maximum atomic E-state index is 15.3. The normalized spacial score (nSPS) is 17.9. The zero-order valence-corrected chi connectivity index (χ0v) is 20.1. The van der Waals surface area contributed by atoms with Gasteiger partial charge in [-0.1, -0.05) is 11.6 Å². The van der Waals surface area contributed by atoms with Gasteiger partial charge in [-0.3, -0.25) is 0 Å². The Morgan fingerprint density at radius 3 is 2.29 bits per heavy atom. The van der Waals surface area contributed by atoms with Gasteiger partial charge in [0, 0.05) is 13.1 Å². The summed E-state index contributed by atoms with van der Waals surface area (Å²) in [7, 11) is 1.51. The first-order valence-electron chi connectivity index (χ1n) is 11.1. The van der Waals surface area contributed by atoms with E-state index >= 15 is 4.39 Å². The molecule has 0 aliphatic carbocycles. The van der Waals surface area contributed by atoms with Gasteiger partial charge in [-0.05, 0) is 57.0 Å². The molecular weight excluding hydrogens is 481 g/mol. The average Bonchev–Trinajstić information content (AvgIpc) is 3.24. The molecule has 2 aliphatic rings. The van der Waals surface area contributed by atoms with E-state index in [0.29, 0.717) is 18.8 Å². The van der Waals surface area contributed by atoms with Gasteiger partial charge in [0.25, 0.3) is 0 Å². The minimum Gasteiger partial charge on any atom is -0.497 e. The molecule has 0 bridgehead atoms. The Morgan fingerprint density at radius 1 is 1.11 bits per heavy atom. The van der Waals surface area contributed by atoms with E-state index in [4.69, 9.17) is 25.8 Å². The Morgan fingerprint density at radius 2 is 1.71 bits per heavy atom. The lowest BCUT2D eigenvalue weighted by molar-refractivity contribution is -0.0301. The van der Waals surface area contributed by atoms with Crippen molar-refractivity contribution in [3.8, 4) is 17.2 Å². The second kappa shape index (κ2) is 8.30. The molecule has 0 N–H and O–H groups in total. The van der Waals surface area contributed by atoms with E-state index in [1.54, 1.807) is 38.1 Å². The fraction of sp³-hybridized carbons (Fsp3) is 0.375. The number of aromatic nitrogens is 3. The van der Waals surface area contributed by atoms with Crippen molar-refractivity contribution in [1.29, 1.82) is 0 Å². The van der Waals surface area contributed by atoms with Crippen molar-refractivity contribution in [2.45, 2.75) is 51.5 Å². The number of fused-ring (bicyclic) bond motifs is 2. The van der Waals surface area contributed by atoms with Crippen LogP contribution in [0.4, 0.5) is 4.39 Å². The molecular formula is C24H23ClFN3O6. The van der Waals surface area contributed by atoms with E-state index < -0.39 is 34.9 Å². The summed E-state index contributed by atoms with van der Waals surface area (Å²) in [6.45, 7) is 4.01. The number of halogens is 2. The third-order valence-corrected chi connectivity index (χ3v) is 6.65. The van der Waals surface area contributed by atoms with Crippen molar-refractivity contribution in [2.24, 2.45) is 0 Å². The van der Waals surface area contributed by atoms with Gasteiger partial charge in [0.15, 0.2) is 17.7 Å². The minimum atomic E-state index is -1.17. The largest absolute Gasteiger partial charge is 0.497 e. The van der Waals surface area contributed by atoms with Gasteiger partial charge in [-0.25, -0.2) is 32.7 Å². The topological polar surface area (TPSA) is 93.7 Å². The van der Waals surface area contributed by atoms with Crippen LogP contribution in [-0.2, 0) is 17.8 Å². The van der Waals surface area contributed by atoms with Gasteiger partial charge in [0.1, 0.15) is 17.0 Å². The first-order chi connectivity index (χ1) is 16.6. The molecule has 0 saturated heterocycles. The number of rotatable bonds is 4. The summed E-state index contributed by atoms with van der Waals surface area (Å²) >= 11 is 6.40. The van der Waals surface area contributed by atoms with Crippen molar-refractivity contribution in [2.75, 3.05) is 7.11 Å². The zero-order valence-electron chi connectivity index (χ0n) is 19.3. The van der Waals surface area contributed by atoms with Gasteiger partial charge in [-0.15, -0.1) is 0 Å². The highest BCUT2D eigenvalue weighted by Crippen LogP contribution is 2.51. The first kappa shape index (κ1) is 23.2. The molecule has 0 unspecified atom stereocenters. The van der Waals surface area contributed by atoms with Crippen LogP contribution in [0.25, 0.3) is 5.69 Å². The predicted molar refractivity (Wildman–Crippen MR) is 124 cm³/mol. The highest BCUT2D eigenvalue weighted by atomic mass is 35.5. The van der Waals surface area contributed by atoms with E-state index in [1.807, 2.05) is 0 Å². The Balaban J connectivity index is 1.62. The third kappa shape index (κ3) is 3.63. The molecule has 35 heavy (non-hydrogen) atoms. The predicted octanol–water partition coefficient (Wildman–Crippen LogP) is 3.46. The smallest absolute Gasteiger partial charge is 0.352 e. The average molecular weight is 504 g/mol. The second-order valence-corrected chi connectivity index (χ2v) is 9.41. The number of carbonyl (C=O) groups excluding carboxylic acids is 1. The monoisotopic (exact) mass is 503 g/mol. The lowest BCUT2D eigenvalue weighted by Crippen LogP contribution is -2.33. The van der Waals surface area contributed by atoms with Crippen LogP contribution in [0.5, 0.6) is 11.5 Å². The molecule has 9 nitrogen and oxygen atoms in total. The molecule has 0 amide bonds. The number of hydrogen-bond acceptors (Lipinski definition) is 6. The van der Waals surface area contributed by atoms with Gasteiger partial charge >= 0.3 is 17.3 Å². The molecule has 2 aliphatic heterocycles. The van der Waals surface area contributed by atoms with Crippen LogP contribution >= 0.6 is 11.6 Å². The van der Waals surface area contributed by atoms with Crippen molar-refractivity contribution in [3.05, 3.63) is 73.3 Å². The number of esters is 1. The summed E-state index contributed by atoms with van der Waals surface area (Å²) in [4.78, 5) is 39.1. The maximum absolute atomic E-state index is 15.3. The molecule has 5 rings (SSSR count). The number of methoxy groups -OCH3 is 1. The molecule has 0 spiro atoms. The molecule has 3 aromatic rings. The Labute approximate surface area is 204 Å². The summed E-state index contributed by atoms with van der Waals surface area (Å²) in [5.41, 5.74) is -2.39. The highest BCUT2D eigenvalue weighted by Gasteiger charge is 2.48. The SMILES string of the molecule is COc1ccc(C(=O)O[C@@H]2c3c(Cl)cc(F)c(-n4c(=O)n5n(c4=O)CCCC5)c3OC2(C)C)cc1. The molecule has 11 heteroatoms. The molecule has 1 aromatic heterocycles. The van der Waals surface area contributed by atoms with E-state index in [9.17, 15) is 14.4 Å². The summed E-state index contributed by atoms with van der Waals surface area (Å²) in [6, 6.07) is 7.34. The van der Waals surface area contributed by atoms with Crippen molar-refractivity contribution >= 4 is 17.6 Å². The van der Waals surface area contributed by atoms with E-state index in [1.165, 1.54) is 16.5 Å². The van der Waals surface area contributed by atoms with Crippen LogP contribution < -0.4 is 20.9 Å². The maximum Gasteiger partial charge on any atom is 0.352 e. The lowest BCUT2D eigenvalue weighted by Gasteiger charge is -2.26. The summed E-state index contributed by atoms with van der Waals surface area (Å²) in [5, 5.41) is -0.0449. The number of benzene rings is 2. The highest BCUT2D eigenvalue weighted by molar-refractivity contribution is 6.31. The van der Waals surface area contributed by atoms with E-state index in [0.717, 1.165) is 23.5 Å². The van der Waals surface area contributed by atoms with Gasteiger partial charge in [0.2, 0.25) is 0 Å². The second-order valence-electron chi connectivity index (χ2n) is 9.00. The van der Waals surface area contributed by atoms with E-state index in [-0.39, 0.29) is 27.6 Å². The Hall–Kier alpha value is -3.53. The molecule has 1 atom stereocenters. The minimum absolute atomic E-state index is 0.0449. The fourth-order valence-electron chi connectivity index (χ4n) is 4.59. The lowest BCUT2D eigenvalue weighted by atomic mass is 9.96. The van der Waals surface area contributed by atoms with E-state index in [2.05, 4.69) is 0 Å². The van der Waals surface area contributed by atoms with Gasteiger partial charge in [0.05, 0.1) is 23.3 Å². The van der Waals surface area contributed by atoms with Gasteiger partial charge < -0.3 is 14.2 Å². The molecule has 184 valence electrons. The quantitative estimate of drug-likeness (QED) is 0.506. The standard InChI is InChI=1S/C24H23ClFN3O6/c1-24(2)20(34-21(30)13-6-8-14(33-3)9-7-13)17-15(25)12-16(26)18(19(17)35-24)29-22(31)27-10-4-5-11-28(27)23(29)32/h6-9,12,20H,4-5,10-11H2,1-3H3/t20-/m1/s1. The Kier molecular flexibility index (Phi) is 5.51. The van der Waals surface area contributed by atoms with Crippen LogP contribution in [0, 0.1) is 5.82 Å². The third-order valence-electron chi connectivity index (χ3n) is 6.34. The summed E-state index contributed by atoms with van der Waals surface area (Å²) in [5.74, 6) is -1.07. The van der Waals surface area contributed by atoms with Crippen molar-refractivity contribution in [1.82, 2.24) is 13.9 Å². The Bertz CT molecular complexity index is 1420. The van der Waals surface area contributed by atoms with Crippen LogP contribution in [0.2, 0.25) is 5.02 Å². The molecule has 0 fully saturated rings. The molecule has 0 saturated carbocycles. The number of carbonyl (C=O) groups is 1. The summed E-state index contributed by atoms with van der Waals surface area (Å²) in [6.07, 6.45) is 0.434. The van der Waals surface area contributed by atoms with Crippen LogP contribution in [0.15, 0.2) is 39.9 Å². The fourth-order valence-corrected chi connectivity index (χ4v) is 4.87. The number of nitrogens with zero attached hydrogens (tertiary/aromatic N) is 3. The zero-order chi connectivity index (χ0) is 25.1. The van der Waals surface area contributed by atoms with Crippen LogP contribution in [0.1, 0.15) is 48.7 Å². The van der Waals surface area contributed by atoms with Crippen LogP contribution in [0.3, 0.4) is 0 Å². The molecule has 3 heterocycles.